The van der Waals surface area contributed by atoms with Gasteiger partial charge in [0.1, 0.15) is 11.6 Å². The van der Waals surface area contributed by atoms with Crippen LogP contribution in [0.5, 0.6) is 0 Å². The van der Waals surface area contributed by atoms with Crippen molar-refractivity contribution >= 4 is 17.4 Å². The van der Waals surface area contributed by atoms with Gasteiger partial charge in [0.2, 0.25) is 0 Å². The summed E-state index contributed by atoms with van der Waals surface area (Å²) in [5.41, 5.74) is 0.618. The van der Waals surface area contributed by atoms with Crippen LogP contribution in [-0.2, 0) is 4.79 Å². The summed E-state index contributed by atoms with van der Waals surface area (Å²) in [6.07, 6.45) is 0.537. The third-order valence-electron chi connectivity index (χ3n) is 3.33. The van der Waals surface area contributed by atoms with E-state index in [4.69, 9.17) is 11.6 Å². The Morgan fingerprint density at radius 2 is 2.13 bits per heavy atom. The lowest BCUT2D eigenvalue weighted by Crippen LogP contribution is -2.43. The molecule has 0 radical (unpaired) electrons. The van der Waals surface area contributed by atoms with Crippen LogP contribution < -0.4 is 0 Å². The first-order valence-electron chi connectivity index (χ1n) is 4.91. The largest absolute Gasteiger partial charge is 0.299 e. The third kappa shape index (κ3) is 1.57. The standard InChI is InChI=1S/C12H12ClFO/c1-12(2)8(6-11(12)15)7-3-4-10(14)9(13)5-7/h3-5,8H,6H2,1-2H3. The van der Waals surface area contributed by atoms with E-state index in [1.807, 2.05) is 13.8 Å². The fraction of sp³-hybridized carbons (Fsp3) is 0.417. The third-order valence-corrected chi connectivity index (χ3v) is 3.62. The fourth-order valence-corrected chi connectivity index (χ4v) is 2.22. The Morgan fingerprint density at radius 1 is 1.47 bits per heavy atom. The van der Waals surface area contributed by atoms with E-state index in [1.165, 1.54) is 6.07 Å². The normalized spacial score (nSPS) is 23.7. The lowest BCUT2D eigenvalue weighted by Gasteiger charge is -2.42. The molecule has 80 valence electrons. The monoisotopic (exact) mass is 226 g/mol. The van der Waals surface area contributed by atoms with Crippen LogP contribution >= 0.6 is 11.6 Å². The summed E-state index contributed by atoms with van der Waals surface area (Å²) in [4.78, 5) is 11.4. The lowest BCUT2D eigenvalue weighted by molar-refractivity contribution is -0.137. The van der Waals surface area contributed by atoms with Crippen LogP contribution in [0.15, 0.2) is 18.2 Å². The molecule has 0 aliphatic heterocycles. The molecule has 1 nitrogen and oxygen atoms in total. The number of rotatable bonds is 1. The van der Waals surface area contributed by atoms with E-state index in [2.05, 4.69) is 0 Å². The van der Waals surface area contributed by atoms with Crippen molar-refractivity contribution in [2.45, 2.75) is 26.2 Å². The predicted octanol–water partition coefficient (Wildman–Crippen LogP) is 3.56. The molecule has 1 aromatic rings. The van der Waals surface area contributed by atoms with E-state index in [0.717, 1.165) is 5.56 Å². The van der Waals surface area contributed by atoms with Crippen LogP contribution in [0.2, 0.25) is 5.02 Å². The van der Waals surface area contributed by atoms with Gasteiger partial charge in [0.05, 0.1) is 5.02 Å². The second-order valence-corrected chi connectivity index (χ2v) is 4.98. The Balaban J connectivity index is 2.32. The van der Waals surface area contributed by atoms with Gasteiger partial charge >= 0.3 is 0 Å². The Kier molecular flexibility index (Phi) is 2.34. The lowest BCUT2D eigenvalue weighted by atomic mass is 9.59. The Hall–Kier alpha value is -0.890. The van der Waals surface area contributed by atoms with Gasteiger partial charge in [0.25, 0.3) is 0 Å². The highest BCUT2D eigenvalue weighted by Gasteiger charge is 2.47. The van der Waals surface area contributed by atoms with Crippen molar-refractivity contribution in [2.24, 2.45) is 5.41 Å². The zero-order valence-corrected chi connectivity index (χ0v) is 9.44. The van der Waals surface area contributed by atoms with Crippen molar-refractivity contribution in [3.8, 4) is 0 Å². The minimum absolute atomic E-state index is 0.127. The number of carbonyl (C=O) groups excluding carboxylic acids is 1. The predicted molar refractivity (Wildman–Crippen MR) is 57.6 cm³/mol. The number of benzene rings is 1. The summed E-state index contributed by atoms with van der Waals surface area (Å²) in [7, 11) is 0. The highest BCUT2D eigenvalue weighted by molar-refractivity contribution is 6.30. The van der Waals surface area contributed by atoms with Crippen molar-refractivity contribution in [3.05, 3.63) is 34.6 Å². The minimum Gasteiger partial charge on any atom is -0.299 e. The van der Waals surface area contributed by atoms with Crippen molar-refractivity contribution in [3.63, 3.8) is 0 Å². The molecule has 1 aliphatic carbocycles. The Morgan fingerprint density at radius 3 is 2.60 bits per heavy atom. The van der Waals surface area contributed by atoms with E-state index < -0.39 is 5.82 Å². The number of Topliss-reactive ketones (excluding diaryl/α,β-unsaturated/α-hetero) is 1. The number of carbonyl (C=O) groups is 1. The summed E-state index contributed by atoms with van der Waals surface area (Å²) in [6.45, 7) is 3.83. The van der Waals surface area contributed by atoms with E-state index in [-0.39, 0.29) is 22.1 Å². The summed E-state index contributed by atoms with van der Waals surface area (Å²) in [5, 5.41) is 0.127. The van der Waals surface area contributed by atoms with Crippen LogP contribution in [-0.4, -0.2) is 5.78 Å². The summed E-state index contributed by atoms with van der Waals surface area (Å²) in [6, 6.07) is 4.69. The van der Waals surface area contributed by atoms with Gasteiger partial charge in [-0.1, -0.05) is 31.5 Å². The molecular formula is C12H12ClFO. The van der Waals surface area contributed by atoms with Crippen molar-refractivity contribution < 1.29 is 9.18 Å². The molecule has 0 aromatic heterocycles. The first kappa shape index (κ1) is 10.6. The SMILES string of the molecule is CC1(C)C(=O)CC1c1ccc(F)c(Cl)c1. The van der Waals surface area contributed by atoms with Gasteiger partial charge in [-0.25, -0.2) is 4.39 Å². The molecule has 0 N–H and O–H groups in total. The van der Waals surface area contributed by atoms with Gasteiger partial charge < -0.3 is 0 Å². The number of hydrogen-bond donors (Lipinski definition) is 0. The maximum atomic E-state index is 13.0. The number of halogens is 2. The average Bonchev–Trinajstić information content (AvgIpc) is 2.19. The van der Waals surface area contributed by atoms with Crippen LogP contribution in [0.4, 0.5) is 4.39 Å². The van der Waals surface area contributed by atoms with Gasteiger partial charge in [0.15, 0.2) is 0 Å². The molecular weight excluding hydrogens is 215 g/mol. The van der Waals surface area contributed by atoms with Crippen LogP contribution in [0, 0.1) is 11.2 Å². The first-order valence-corrected chi connectivity index (χ1v) is 5.29. The molecule has 1 unspecified atom stereocenters. The Labute approximate surface area is 93.2 Å². The van der Waals surface area contributed by atoms with E-state index in [9.17, 15) is 9.18 Å². The van der Waals surface area contributed by atoms with Crippen molar-refractivity contribution in [1.29, 1.82) is 0 Å². The topological polar surface area (TPSA) is 17.1 Å². The molecule has 1 aromatic carbocycles. The molecule has 1 atom stereocenters. The van der Waals surface area contributed by atoms with E-state index >= 15 is 0 Å². The van der Waals surface area contributed by atoms with Crippen LogP contribution in [0.1, 0.15) is 31.7 Å². The zero-order chi connectivity index (χ0) is 11.2. The minimum atomic E-state index is -0.413. The van der Waals surface area contributed by atoms with Crippen molar-refractivity contribution in [2.75, 3.05) is 0 Å². The molecule has 0 amide bonds. The summed E-state index contributed by atoms with van der Waals surface area (Å²) in [5.74, 6) is 0.0138. The fourth-order valence-electron chi connectivity index (χ4n) is 2.03. The van der Waals surface area contributed by atoms with Gasteiger partial charge in [-0.15, -0.1) is 0 Å². The number of hydrogen-bond acceptors (Lipinski definition) is 1. The molecule has 15 heavy (non-hydrogen) atoms. The highest BCUT2D eigenvalue weighted by Crippen LogP contribution is 2.49. The quantitative estimate of drug-likeness (QED) is 0.716. The van der Waals surface area contributed by atoms with E-state index in [1.54, 1.807) is 12.1 Å². The summed E-state index contributed by atoms with van der Waals surface area (Å²) < 4.78 is 13.0. The maximum absolute atomic E-state index is 13.0. The van der Waals surface area contributed by atoms with Gasteiger partial charge in [-0.2, -0.15) is 0 Å². The van der Waals surface area contributed by atoms with Crippen LogP contribution in [0.25, 0.3) is 0 Å². The first-order chi connectivity index (χ1) is 6.93. The maximum Gasteiger partial charge on any atom is 0.141 e. The molecule has 2 rings (SSSR count). The molecule has 0 bridgehead atoms. The molecule has 0 spiro atoms. The molecule has 1 saturated carbocycles. The molecule has 3 heteroatoms. The van der Waals surface area contributed by atoms with Gasteiger partial charge in [-0.3, -0.25) is 4.79 Å². The van der Waals surface area contributed by atoms with Gasteiger partial charge in [-0.05, 0) is 17.7 Å². The highest BCUT2D eigenvalue weighted by atomic mass is 35.5. The Bertz CT molecular complexity index is 426. The number of ketones is 1. The second kappa shape index (κ2) is 3.31. The molecule has 0 saturated heterocycles. The molecule has 1 fully saturated rings. The van der Waals surface area contributed by atoms with Gasteiger partial charge in [0, 0.05) is 17.8 Å². The van der Waals surface area contributed by atoms with E-state index in [0.29, 0.717) is 6.42 Å². The molecule has 1 aliphatic rings. The summed E-state index contributed by atoms with van der Waals surface area (Å²) >= 11 is 5.71. The smallest absolute Gasteiger partial charge is 0.141 e. The zero-order valence-electron chi connectivity index (χ0n) is 8.68. The van der Waals surface area contributed by atoms with Crippen LogP contribution in [0.3, 0.4) is 0 Å². The van der Waals surface area contributed by atoms with Crippen molar-refractivity contribution in [1.82, 2.24) is 0 Å². The average molecular weight is 227 g/mol. The second-order valence-electron chi connectivity index (χ2n) is 4.58. The molecule has 0 heterocycles.